The van der Waals surface area contributed by atoms with Gasteiger partial charge in [-0.1, -0.05) is 6.42 Å². The molecule has 0 aromatic heterocycles. The second-order valence-electron chi connectivity index (χ2n) is 7.59. The molecule has 5 heteroatoms. The number of sulfonamides is 1. The van der Waals surface area contributed by atoms with Gasteiger partial charge in [0.25, 0.3) is 0 Å². The number of hydrogen-bond donors (Lipinski definition) is 1. The Morgan fingerprint density at radius 3 is 2.08 bits per heavy atom. The number of hydrogen-bond acceptors (Lipinski definition) is 3. The van der Waals surface area contributed by atoms with Crippen LogP contribution >= 0.6 is 0 Å². The van der Waals surface area contributed by atoms with Gasteiger partial charge in [-0.25, -0.2) is 13.1 Å². The summed E-state index contributed by atoms with van der Waals surface area (Å²) in [6.07, 6.45) is 4.68. The molecule has 2 rings (SSSR count). The van der Waals surface area contributed by atoms with E-state index < -0.39 is 10.0 Å². The number of piperidine rings is 1. The third kappa shape index (κ3) is 4.44. The molecule has 0 amide bonds. The molecule has 1 heterocycles. The van der Waals surface area contributed by atoms with Gasteiger partial charge in [-0.15, -0.1) is 0 Å². The van der Waals surface area contributed by atoms with E-state index in [-0.39, 0.29) is 0 Å². The van der Waals surface area contributed by atoms with Crippen molar-refractivity contribution in [3.05, 3.63) is 27.8 Å². The van der Waals surface area contributed by atoms with Crippen LogP contribution in [0.5, 0.6) is 0 Å². The number of rotatable bonds is 6. The van der Waals surface area contributed by atoms with E-state index in [2.05, 4.69) is 23.5 Å². The van der Waals surface area contributed by atoms with Crippen molar-refractivity contribution in [1.29, 1.82) is 0 Å². The minimum atomic E-state index is -3.47. The second-order valence-corrected chi connectivity index (χ2v) is 9.29. The Bertz CT molecular complexity index is 697. The van der Waals surface area contributed by atoms with E-state index in [0.29, 0.717) is 17.5 Å². The lowest BCUT2D eigenvalue weighted by molar-refractivity contribution is 0.159. The number of likely N-dealkylation sites (tertiary alicyclic amines) is 1. The lowest BCUT2D eigenvalue weighted by Crippen LogP contribution is -2.39. The highest BCUT2D eigenvalue weighted by molar-refractivity contribution is 7.89. The van der Waals surface area contributed by atoms with Gasteiger partial charge < -0.3 is 4.90 Å². The lowest BCUT2D eigenvalue weighted by atomic mass is 9.95. The molecule has 1 fully saturated rings. The summed E-state index contributed by atoms with van der Waals surface area (Å²) in [6.45, 7) is 14.8. The SMILES string of the molecule is Cc1c(C)c(C)c(S(=O)(=O)NCCCN2CCCC[C@H]2C)c(C)c1C. The van der Waals surface area contributed by atoms with Crippen molar-refractivity contribution >= 4 is 10.0 Å². The molecule has 142 valence electrons. The van der Waals surface area contributed by atoms with E-state index in [1.165, 1.54) is 24.8 Å². The van der Waals surface area contributed by atoms with E-state index in [0.717, 1.165) is 41.8 Å². The minimum Gasteiger partial charge on any atom is -0.301 e. The van der Waals surface area contributed by atoms with Gasteiger partial charge in [0, 0.05) is 12.6 Å². The summed E-state index contributed by atoms with van der Waals surface area (Å²) in [7, 11) is -3.47. The van der Waals surface area contributed by atoms with Crippen molar-refractivity contribution in [2.75, 3.05) is 19.6 Å². The molecule has 0 saturated carbocycles. The van der Waals surface area contributed by atoms with Crippen LogP contribution in [-0.4, -0.2) is 39.0 Å². The van der Waals surface area contributed by atoms with Crippen LogP contribution in [0, 0.1) is 34.6 Å². The normalized spacial score (nSPS) is 19.4. The third-order valence-corrected chi connectivity index (χ3v) is 7.79. The molecule has 1 aliphatic heterocycles. The lowest BCUT2D eigenvalue weighted by Gasteiger charge is -2.33. The van der Waals surface area contributed by atoms with Crippen LogP contribution in [0.3, 0.4) is 0 Å². The summed E-state index contributed by atoms with van der Waals surface area (Å²) >= 11 is 0. The van der Waals surface area contributed by atoms with Gasteiger partial charge in [0.2, 0.25) is 10.0 Å². The molecule has 0 unspecified atom stereocenters. The zero-order valence-electron chi connectivity index (χ0n) is 16.7. The highest BCUT2D eigenvalue weighted by Crippen LogP contribution is 2.29. The molecule has 25 heavy (non-hydrogen) atoms. The van der Waals surface area contributed by atoms with E-state index in [4.69, 9.17) is 0 Å². The van der Waals surface area contributed by atoms with Crippen molar-refractivity contribution < 1.29 is 8.42 Å². The maximum absolute atomic E-state index is 12.9. The molecule has 1 aliphatic rings. The molecule has 1 saturated heterocycles. The van der Waals surface area contributed by atoms with E-state index >= 15 is 0 Å². The zero-order valence-corrected chi connectivity index (χ0v) is 17.5. The molecule has 0 radical (unpaired) electrons. The van der Waals surface area contributed by atoms with Crippen LogP contribution in [0.1, 0.15) is 60.4 Å². The van der Waals surface area contributed by atoms with Crippen LogP contribution in [0.15, 0.2) is 4.90 Å². The molecule has 4 nitrogen and oxygen atoms in total. The number of nitrogens with zero attached hydrogens (tertiary/aromatic N) is 1. The molecule has 1 aromatic rings. The van der Waals surface area contributed by atoms with E-state index in [1.807, 2.05) is 27.7 Å². The zero-order chi connectivity index (χ0) is 18.8. The van der Waals surface area contributed by atoms with Gasteiger partial charge in [0.05, 0.1) is 4.90 Å². The Kier molecular flexibility index (Phi) is 6.68. The van der Waals surface area contributed by atoms with Crippen LogP contribution < -0.4 is 4.72 Å². The van der Waals surface area contributed by atoms with Gasteiger partial charge >= 0.3 is 0 Å². The highest BCUT2D eigenvalue weighted by Gasteiger charge is 2.23. The topological polar surface area (TPSA) is 49.4 Å². The standard InChI is InChI=1S/C20H34N2O2S/c1-14-10-7-8-12-22(14)13-9-11-21-25(23,24)20-18(5)16(3)15(2)17(4)19(20)6/h14,21H,7-13H2,1-6H3/t14-/m1/s1. The molecule has 0 bridgehead atoms. The molecule has 1 N–H and O–H groups in total. The summed E-state index contributed by atoms with van der Waals surface area (Å²) in [5, 5.41) is 0. The van der Waals surface area contributed by atoms with Crippen molar-refractivity contribution in [2.24, 2.45) is 0 Å². The Hall–Kier alpha value is -0.910. The van der Waals surface area contributed by atoms with Gasteiger partial charge in [-0.3, -0.25) is 0 Å². The smallest absolute Gasteiger partial charge is 0.241 e. The summed E-state index contributed by atoms with van der Waals surface area (Å²) in [4.78, 5) is 2.95. The monoisotopic (exact) mass is 366 g/mol. The van der Waals surface area contributed by atoms with Crippen molar-refractivity contribution in [3.8, 4) is 0 Å². The Morgan fingerprint density at radius 1 is 0.960 bits per heavy atom. The van der Waals surface area contributed by atoms with Gasteiger partial charge in [0.15, 0.2) is 0 Å². The first-order valence-electron chi connectivity index (χ1n) is 9.47. The first-order chi connectivity index (χ1) is 11.7. The van der Waals surface area contributed by atoms with Crippen molar-refractivity contribution in [3.63, 3.8) is 0 Å². The summed E-state index contributed by atoms with van der Waals surface area (Å²) in [5.41, 5.74) is 5.08. The fraction of sp³-hybridized carbons (Fsp3) is 0.700. The number of benzene rings is 1. The average Bonchev–Trinajstić information content (AvgIpc) is 2.56. The largest absolute Gasteiger partial charge is 0.301 e. The Morgan fingerprint density at radius 2 is 1.52 bits per heavy atom. The van der Waals surface area contributed by atoms with Crippen LogP contribution in [-0.2, 0) is 10.0 Å². The predicted octanol–water partition coefficient (Wildman–Crippen LogP) is 3.77. The Balaban J connectivity index is 2.05. The van der Waals surface area contributed by atoms with Gasteiger partial charge in [-0.05, 0) is 102 Å². The summed E-state index contributed by atoms with van der Waals surface area (Å²) < 4.78 is 28.6. The maximum atomic E-state index is 12.9. The van der Waals surface area contributed by atoms with Gasteiger partial charge in [0.1, 0.15) is 0 Å². The predicted molar refractivity (Wildman–Crippen MR) is 105 cm³/mol. The van der Waals surface area contributed by atoms with E-state index in [9.17, 15) is 8.42 Å². The van der Waals surface area contributed by atoms with Crippen LogP contribution in [0.2, 0.25) is 0 Å². The molecule has 1 atom stereocenters. The molecule has 0 aliphatic carbocycles. The Labute approximate surface area is 154 Å². The van der Waals surface area contributed by atoms with Crippen molar-refractivity contribution in [2.45, 2.75) is 78.2 Å². The fourth-order valence-corrected chi connectivity index (χ4v) is 5.59. The first-order valence-corrected chi connectivity index (χ1v) is 11.0. The molecule has 1 aromatic carbocycles. The first kappa shape index (κ1) is 20.4. The van der Waals surface area contributed by atoms with Crippen molar-refractivity contribution in [1.82, 2.24) is 9.62 Å². The quantitative estimate of drug-likeness (QED) is 0.780. The second kappa shape index (κ2) is 8.19. The summed E-state index contributed by atoms with van der Waals surface area (Å²) in [5.74, 6) is 0. The maximum Gasteiger partial charge on any atom is 0.241 e. The summed E-state index contributed by atoms with van der Waals surface area (Å²) in [6, 6.07) is 0.622. The average molecular weight is 367 g/mol. The third-order valence-electron chi connectivity index (χ3n) is 6.05. The number of nitrogens with one attached hydrogen (secondary N) is 1. The molecular formula is C20H34N2O2S. The van der Waals surface area contributed by atoms with E-state index in [1.54, 1.807) is 0 Å². The molecular weight excluding hydrogens is 332 g/mol. The van der Waals surface area contributed by atoms with Crippen LogP contribution in [0.4, 0.5) is 0 Å². The fourth-order valence-electron chi connectivity index (χ4n) is 3.92. The molecule has 0 spiro atoms. The minimum absolute atomic E-state index is 0.472. The highest BCUT2D eigenvalue weighted by atomic mass is 32.2. The van der Waals surface area contributed by atoms with Crippen LogP contribution in [0.25, 0.3) is 0 Å². The van der Waals surface area contributed by atoms with Gasteiger partial charge in [-0.2, -0.15) is 0 Å².